The first kappa shape index (κ1) is 12.0. The lowest BCUT2D eigenvalue weighted by Crippen LogP contribution is -2.05. The van der Waals surface area contributed by atoms with Gasteiger partial charge in [0.15, 0.2) is 0 Å². The van der Waals surface area contributed by atoms with E-state index in [2.05, 4.69) is 23.5 Å². The van der Waals surface area contributed by atoms with Crippen molar-refractivity contribution in [2.24, 2.45) is 0 Å². The fraction of sp³-hybridized carbons (Fsp3) is 0.143. The van der Waals surface area contributed by atoms with Crippen LogP contribution in [0.5, 0.6) is 0 Å². The molecule has 0 bridgehead atoms. The van der Waals surface area contributed by atoms with Gasteiger partial charge in [0.05, 0.1) is 4.34 Å². The molecular weight excluding hydrogens is 250 g/mol. The van der Waals surface area contributed by atoms with Crippen LogP contribution >= 0.6 is 22.9 Å². The number of anilines is 1. The second-order valence-corrected chi connectivity index (χ2v) is 5.32. The summed E-state index contributed by atoms with van der Waals surface area (Å²) in [6.07, 6.45) is 5.37. The summed E-state index contributed by atoms with van der Waals surface area (Å²) in [5.41, 5.74) is 3.09. The number of halogens is 1. The first-order valence-electron chi connectivity index (χ1n) is 5.26. The highest BCUT2D eigenvalue weighted by Gasteiger charge is 2.07. The Morgan fingerprint density at radius 2 is 2.24 bits per heavy atom. The average molecular weight is 262 g/mol. The molecule has 0 saturated carbocycles. The Balaban J connectivity index is 2.13. The molecule has 0 aliphatic rings. The predicted octanol–water partition coefficient (Wildman–Crippen LogP) is 4.56. The van der Waals surface area contributed by atoms with E-state index in [0.29, 0.717) is 0 Å². The number of rotatable bonds is 3. The number of hydrogen-bond donors (Lipinski definition) is 1. The zero-order valence-corrected chi connectivity index (χ0v) is 11.0. The van der Waals surface area contributed by atoms with E-state index in [1.165, 1.54) is 5.56 Å². The molecule has 2 aromatic rings. The summed E-state index contributed by atoms with van der Waals surface area (Å²) in [5, 5.41) is 5.46. The SMILES string of the molecule is C#Cc1cccc(NC(C)c2csc(Cl)c2)c1. The first-order valence-corrected chi connectivity index (χ1v) is 6.52. The number of hydrogen-bond acceptors (Lipinski definition) is 2. The molecule has 1 aromatic carbocycles. The van der Waals surface area contributed by atoms with E-state index in [4.69, 9.17) is 18.0 Å². The molecule has 0 aliphatic heterocycles. The highest BCUT2D eigenvalue weighted by atomic mass is 35.5. The van der Waals surface area contributed by atoms with Crippen LogP contribution in [0.3, 0.4) is 0 Å². The molecule has 0 aliphatic carbocycles. The maximum Gasteiger partial charge on any atom is 0.0931 e. The molecular formula is C14H12ClNS. The molecule has 0 amide bonds. The van der Waals surface area contributed by atoms with Gasteiger partial charge in [-0.1, -0.05) is 23.6 Å². The number of thiophene rings is 1. The molecule has 0 saturated heterocycles. The lowest BCUT2D eigenvalue weighted by atomic mass is 10.1. The van der Waals surface area contributed by atoms with Gasteiger partial charge in [0.2, 0.25) is 0 Å². The minimum atomic E-state index is 0.215. The molecule has 1 nitrogen and oxygen atoms in total. The average Bonchev–Trinajstić information content (AvgIpc) is 2.76. The zero-order chi connectivity index (χ0) is 12.3. The Hall–Kier alpha value is -1.43. The molecule has 17 heavy (non-hydrogen) atoms. The first-order chi connectivity index (χ1) is 8.19. The Morgan fingerprint density at radius 3 is 2.88 bits per heavy atom. The van der Waals surface area contributed by atoms with Crippen LogP contribution in [0.25, 0.3) is 0 Å². The standard InChI is InChI=1S/C14H12ClNS/c1-3-11-5-4-6-13(7-11)16-10(2)12-8-14(15)17-9-12/h1,4-10,16H,2H3. The summed E-state index contributed by atoms with van der Waals surface area (Å²) in [4.78, 5) is 0. The summed E-state index contributed by atoms with van der Waals surface area (Å²) in [5.74, 6) is 2.63. The summed E-state index contributed by atoms with van der Waals surface area (Å²) < 4.78 is 0.811. The van der Waals surface area contributed by atoms with Gasteiger partial charge >= 0.3 is 0 Å². The van der Waals surface area contributed by atoms with Gasteiger partial charge in [0.1, 0.15) is 0 Å². The van der Waals surface area contributed by atoms with Crippen LogP contribution in [0.15, 0.2) is 35.7 Å². The highest BCUT2D eigenvalue weighted by molar-refractivity contribution is 7.14. The maximum atomic E-state index is 5.92. The number of benzene rings is 1. The topological polar surface area (TPSA) is 12.0 Å². The lowest BCUT2D eigenvalue weighted by Gasteiger charge is -2.14. The van der Waals surface area contributed by atoms with Crippen molar-refractivity contribution in [3.8, 4) is 12.3 Å². The van der Waals surface area contributed by atoms with Gasteiger partial charge in [-0.2, -0.15) is 0 Å². The molecule has 1 aromatic heterocycles. The van der Waals surface area contributed by atoms with Crippen molar-refractivity contribution in [3.05, 3.63) is 51.2 Å². The van der Waals surface area contributed by atoms with E-state index in [1.807, 2.05) is 30.3 Å². The lowest BCUT2D eigenvalue weighted by molar-refractivity contribution is 0.890. The van der Waals surface area contributed by atoms with Gasteiger partial charge < -0.3 is 5.32 Å². The molecule has 2 rings (SSSR count). The van der Waals surface area contributed by atoms with Crippen molar-refractivity contribution >= 4 is 28.6 Å². The van der Waals surface area contributed by atoms with E-state index in [9.17, 15) is 0 Å². The Labute approximate surface area is 110 Å². The molecule has 1 unspecified atom stereocenters. The van der Waals surface area contributed by atoms with Crippen molar-refractivity contribution in [1.82, 2.24) is 0 Å². The van der Waals surface area contributed by atoms with E-state index in [0.717, 1.165) is 15.6 Å². The second-order valence-electron chi connectivity index (χ2n) is 3.78. The van der Waals surface area contributed by atoms with E-state index in [1.54, 1.807) is 11.3 Å². The molecule has 0 spiro atoms. The quantitative estimate of drug-likeness (QED) is 0.799. The van der Waals surface area contributed by atoms with E-state index < -0.39 is 0 Å². The smallest absolute Gasteiger partial charge is 0.0931 e. The van der Waals surface area contributed by atoms with Crippen LogP contribution in [-0.2, 0) is 0 Å². The molecule has 1 N–H and O–H groups in total. The highest BCUT2D eigenvalue weighted by Crippen LogP contribution is 2.27. The van der Waals surface area contributed by atoms with Crippen molar-refractivity contribution in [1.29, 1.82) is 0 Å². The minimum absolute atomic E-state index is 0.215. The Bertz CT molecular complexity index is 553. The third-order valence-corrected chi connectivity index (χ3v) is 3.61. The van der Waals surface area contributed by atoms with Crippen molar-refractivity contribution in [2.45, 2.75) is 13.0 Å². The van der Waals surface area contributed by atoms with Crippen LogP contribution in [-0.4, -0.2) is 0 Å². The molecule has 1 heterocycles. The van der Waals surface area contributed by atoms with Gasteiger partial charge in [-0.25, -0.2) is 0 Å². The van der Waals surface area contributed by atoms with Crippen LogP contribution in [0.1, 0.15) is 24.1 Å². The van der Waals surface area contributed by atoms with Crippen LogP contribution in [0, 0.1) is 12.3 Å². The van der Waals surface area contributed by atoms with Gasteiger partial charge in [-0.15, -0.1) is 17.8 Å². The van der Waals surface area contributed by atoms with E-state index >= 15 is 0 Å². The van der Waals surface area contributed by atoms with E-state index in [-0.39, 0.29) is 6.04 Å². The Morgan fingerprint density at radius 1 is 1.41 bits per heavy atom. The third kappa shape index (κ3) is 3.03. The van der Waals surface area contributed by atoms with Gasteiger partial charge in [-0.3, -0.25) is 0 Å². The minimum Gasteiger partial charge on any atom is -0.378 e. The molecule has 0 radical (unpaired) electrons. The zero-order valence-electron chi connectivity index (χ0n) is 9.41. The van der Waals surface area contributed by atoms with Crippen molar-refractivity contribution in [3.63, 3.8) is 0 Å². The number of terminal acetylenes is 1. The van der Waals surface area contributed by atoms with Crippen LogP contribution in [0.4, 0.5) is 5.69 Å². The van der Waals surface area contributed by atoms with Gasteiger partial charge in [0, 0.05) is 17.3 Å². The van der Waals surface area contributed by atoms with Crippen LogP contribution in [0.2, 0.25) is 4.34 Å². The molecule has 86 valence electrons. The summed E-state index contributed by atoms with van der Waals surface area (Å²) >= 11 is 7.46. The predicted molar refractivity (Wildman–Crippen MR) is 75.7 cm³/mol. The fourth-order valence-corrected chi connectivity index (χ4v) is 2.57. The third-order valence-electron chi connectivity index (χ3n) is 2.50. The summed E-state index contributed by atoms with van der Waals surface area (Å²) in [7, 11) is 0. The second kappa shape index (κ2) is 5.27. The summed E-state index contributed by atoms with van der Waals surface area (Å²) in [6.45, 7) is 2.10. The largest absolute Gasteiger partial charge is 0.378 e. The monoisotopic (exact) mass is 261 g/mol. The summed E-state index contributed by atoms with van der Waals surface area (Å²) in [6, 6.07) is 10.0. The van der Waals surface area contributed by atoms with Gasteiger partial charge in [0.25, 0.3) is 0 Å². The molecule has 0 fully saturated rings. The maximum absolute atomic E-state index is 5.92. The fourth-order valence-electron chi connectivity index (χ4n) is 1.58. The normalized spacial score (nSPS) is 11.8. The molecule has 1 atom stereocenters. The Kier molecular flexibility index (Phi) is 3.73. The van der Waals surface area contributed by atoms with Crippen LogP contribution < -0.4 is 5.32 Å². The van der Waals surface area contributed by atoms with Crippen molar-refractivity contribution < 1.29 is 0 Å². The van der Waals surface area contributed by atoms with Crippen molar-refractivity contribution in [2.75, 3.05) is 5.32 Å². The van der Waals surface area contributed by atoms with Gasteiger partial charge in [-0.05, 0) is 42.1 Å². The number of nitrogens with one attached hydrogen (secondary N) is 1. The molecule has 3 heteroatoms.